The van der Waals surface area contributed by atoms with Crippen molar-refractivity contribution in [2.24, 2.45) is 10.9 Å². The van der Waals surface area contributed by atoms with Gasteiger partial charge >= 0.3 is 0 Å². The van der Waals surface area contributed by atoms with Crippen molar-refractivity contribution < 1.29 is 4.39 Å². The van der Waals surface area contributed by atoms with Gasteiger partial charge in [-0.25, -0.2) is 9.07 Å². The molecule has 1 aromatic carbocycles. The highest BCUT2D eigenvalue weighted by Crippen LogP contribution is 2.21. The van der Waals surface area contributed by atoms with Gasteiger partial charge in [0.25, 0.3) is 0 Å². The van der Waals surface area contributed by atoms with Crippen LogP contribution in [0.5, 0.6) is 0 Å². The lowest BCUT2D eigenvalue weighted by Crippen LogP contribution is -2.44. The molecule has 0 aliphatic heterocycles. The Hall–Kier alpha value is -2.35. The molecule has 0 aliphatic rings. The van der Waals surface area contributed by atoms with Gasteiger partial charge in [-0.1, -0.05) is 13.8 Å². The van der Waals surface area contributed by atoms with Gasteiger partial charge in [-0.15, -0.1) is 24.0 Å². The predicted molar refractivity (Wildman–Crippen MR) is 125 cm³/mol. The zero-order valence-corrected chi connectivity index (χ0v) is 19.6. The number of hydrogen-bond donors (Lipinski definition) is 3. The third-order valence-electron chi connectivity index (χ3n) is 4.65. The number of aromatic nitrogens is 2. The Morgan fingerprint density at radius 1 is 1.31 bits per heavy atom. The van der Waals surface area contributed by atoms with Gasteiger partial charge in [0, 0.05) is 19.6 Å². The summed E-state index contributed by atoms with van der Waals surface area (Å²) in [5.74, 6) is 1.17. The van der Waals surface area contributed by atoms with E-state index >= 15 is 0 Å². The summed E-state index contributed by atoms with van der Waals surface area (Å²) in [7, 11) is 1.74. The molecule has 1 atom stereocenters. The summed E-state index contributed by atoms with van der Waals surface area (Å²) < 4.78 is 14.6. The van der Waals surface area contributed by atoms with E-state index < -0.39 is 0 Å². The molecule has 158 valence electrons. The normalized spacial score (nSPS) is 12.2. The first-order valence-corrected chi connectivity index (χ1v) is 9.38. The van der Waals surface area contributed by atoms with Gasteiger partial charge in [0.05, 0.1) is 11.4 Å². The number of hydrogen-bond acceptors (Lipinski definition) is 4. The number of halogens is 2. The molecular formula is C20H29FIN7. The van der Waals surface area contributed by atoms with E-state index in [9.17, 15) is 9.65 Å². The number of aryl methyl sites for hydroxylation is 1. The van der Waals surface area contributed by atoms with Gasteiger partial charge in [0.15, 0.2) is 5.96 Å². The molecule has 1 aromatic heterocycles. The van der Waals surface area contributed by atoms with Gasteiger partial charge in [0.1, 0.15) is 23.3 Å². The lowest BCUT2D eigenvalue weighted by Gasteiger charge is -2.20. The zero-order valence-electron chi connectivity index (χ0n) is 17.2. The van der Waals surface area contributed by atoms with Crippen molar-refractivity contribution in [1.29, 1.82) is 5.26 Å². The standard InChI is InChI=1S/C20H28FN7.HI/c1-13(2)14(3)26-20(24-4)25-11-5-6-18-17(12-22)19(23)28(27-18)16-9-7-15(21)8-10-16;/h7-10,13-14H,5-6,11,23H2,1-4H3,(H2,24,25,26);1H. The summed E-state index contributed by atoms with van der Waals surface area (Å²) >= 11 is 0. The Balaban J connectivity index is 0.00000420. The van der Waals surface area contributed by atoms with E-state index in [1.54, 1.807) is 19.2 Å². The summed E-state index contributed by atoms with van der Waals surface area (Å²) in [6.45, 7) is 7.09. The number of nitrogens with zero attached hydrogens (tertiary/aromatic N) is 4. The van der Waals surface area contributed by atoms with E-state index in [4.69, 9.17) is 5.73 Å². The van der Waals surface area contributed by atoms with E-state index in [0.29, 0.717) is 41.9 Å². The minimum Gasteiger partial charge on any atom is -0.382 e. The van der Waals surface area contributed by atoms with Crippen LogP contribution in [0.4, 0.5) is 10.2 Å². The Labute approximate surface area is 188 Å². The molecule has 0 radical (unpaired) electrons. The fourth-order valence-electron chi connectivity index (χ4n) is 2.59. The van der Waals surface area contributed by atoms with Crippen molar-refractivity contribution >= 4 is 35.8 Å². The summed E-state index contributed by atoms with van der Waals surface area (Å²) in [4.78, 5) is 4.23. The summed E-state index contributed by atoms with van der Waals surface area (Å²) in [6.07, 6.45) is 1.34. The van der Waals surface area contributed by atoms with Crippen molar-refractivity contribution in [3.05, 3.63) is 41.3 Å². The molecule has 1 unspecified atom stereocenters. The minimum atomic E-state index is -0.338. The maximum absolute atomic E-state index is 13.1. The van der Waals surface area contributed by atoms with Crippen LogP contribution in [0.1, 0.15) is 38.4 Å². The van der Waals surface area contributed by atoms with Crippen LogP contribution in [-0.4, -0.2) is 35.4 Å². The smallest absolute Gasteiger partial charge is 0.191 e. The molecule has 0 saturated heterocycles. The molecule has 2 aromatic rings. The number of rotatable bonds is 7. The first-order chi connectivity index (χ1) is 13.4. The molecule has 0 amide bonds. The molecule has 0 spiro atoms. The molecule has 0 bridgehead atoms. The van der Waals surface area contributed by atoms with Gasteiger partial charge in [-0.2, -0.15) is 10.4 Å². The number of guanidine groups is 1. The van der Waals surface area contributed by atoms with Gasteiger partial charge in [0.2, 0.25) is 0 Å². The topological polar surface area (TPSA) is 104 Å². The Morgan fingerprint density at radius 3 is 2.52 bits per heavy atom. The number of nitrogens with one attached hydrogen (secondary N) is 2. The highest BCUT2D eigenvalue weighted by molar-refractivity contribution is 14.0. The lowest BCUT2D eigenvalue weighted by atomic mass is 10.1. The van der Waals surface area contributed by atoms with Crippen molar-refractivity contribution in [3.63, 3.8) is 0 Å². The highest BCUT2D eigenvalue weighted by Gasteiger charge is 2.16. The molecule has 0 fully saturated rings. The van der Waals surface area contributed by atoms with Crippen LogP contribution in [0.15, 0.2) is 29.3 Å². The van der Waals surface area contributed by atoms with Gasteiger partial charge in [-0.05, 0) is 49.9 Å². The number of benzene rings is 1. The Kier molecular flexibility index (Phi) is 9.88. The molecule has 2 rings (SSSR count). The lowest BCUT2D eigenvalue weighted by molar-refractivity contribution is 0.480. The molecule has 1 heterocycles. The summed E-state index contributed by atoms with van der Waals surface area (Å²) in [5, 5.41) is 20.5. The van der Waals surface area contributed by atoms with Gasteiger partial charge in [-0.3, -0.25) is 4.99 Å². The number of nitrogens with two attached hydrogens (primary N) is 1. The van der Waals surface area contributed by atoms with E-state index in [0.717, 1.165) is 12.4 Å². The summed E-state index contributed by atoms with van der Waals surface area (Å²) in [6, 6.07) is 8.27. The zero-order chi connectivity index (χ0) is 20.7. The van der Waals surface area contributed by atoms with E-state index in [-0.39, 0.29) is 35.6 Å². The average Bonchev–Trinajstić information content (AvgIpc) is 2.99. The SMILES string of the molecule is CN=C(NCCCc1nn(-c2ccc(F)cc2)c(N)c1C#N)NC(C)C(C)C.I. The van der Waals surface area contributed by atoms with Crippen LogP contribution in [-0.2, 0) is 6.42 Å². The van der Waals surface area contributed by atoms with E-state index in [2.05, 4.69) is 47.6 Å². The Bertz CT molecular complexity index is 853. The number of nitriles is 1. The third kappa shape index (κ3) is 6.59. The van der Waals surface area contributed by atoms with Crippen molar-refractivity contribution in [1.82, 2.24) is 20.4 Å². The monoisotopic (exact) mass is 513 g/mol. The van der Waals surface area contributed by atoms with Crippen LogP contribution in [0.3, 0.4) is 0 Å². The summed E-state index contributed by atoms with van der Waals surface area (Å²) in [5.41, 5.74) is 7.69. The first-order valence-electron chi connectivity index (χ1n) is 9.38. The van der Waals surface area contributed by atoms with Crippen LogP contribution < -0.4 is 16.4 Å². The molecule has 0 aliphatic carbocycles. The maximum Gasteiger partial charge on any atom is 0.191 e. The largest absolute Gasteiger partial charge is 0.382 e. The molecule has 29 heavy (non-hydrogen) atoms. The Morgan fingerprint density at radius 2 is 1.97 bits per heavy atom. The number of anilines is 1. The molecule has 0 saturated carbocycles. The van der Waals surface area contributed by atoms with E-state index in [1.807, 2.05) is 0 Å². The molecular weight excluding hydrogens is 484 g/mol. The number of aliphatic imine (C=N–C) groups is 1. The quantitative estimate of drug-likeness (QED) is 0.228. The van der Waals surface area contributed by atoms with Crippen molar-refractivity contribution in [3.8, 4) is 11.8 Å². The van der Waals surface area contributed by atoms with E-state index in [1.165, 1.54) is 16.8 Å². The first kappa shape index (κ1) is 24.7. The fraction of sp³-hybridized carbons (Fsp3) is 0.450. The maximum atomic E-state index is 13.1. The third-order valence-corrected chi connectivity index (χ3v) is 4.65. The molecule has 4 N–H and O–H groups in total. The van der Waals surface area contributed by atoms with Crippen LogP contribution >= 0.6 is 24.0 Å². The van der Waals surface area contributed by atoms with Crippen molar-refractivity contribution in [2.75, 3.05) is 19.3 Å². The van der Waals surface area contributed by atoms with Gasteiger partial charge < -0.3 is 16.4 Å². The number of nitrogen functional groups attached to an aromatic ring is 1. The average molecular weight is 513 g/mol. The fourth-order valence-corrected chi connectivity index (χ4v) is 2.59. The van der Waals surface area contributed by atoms with Crippen LogP contribution in [0.25, 0.3) is 5.69 Å². The molecule has 9 heteroatoms. The minimum absolute atomic E-state index is 0. The second kappa shape index (κ2) is 11.6. The van der Waals surface area contributed by atoms with Crippen LogP contribution in [0.2, 0.25) is 0 Å². The highest BCUT2D eigenvalue weighted by atomic mass is 127. The molecule has 7 nitrogen and oxygen atoms in total. The predicted octanol–water partition coefficient (Wildman–Crippen LogP) is 3.23. The second-order valence-corrected chi connectivity index (χ2v) is 6.99. The van der Waals surface area contributed by atoms with Crippen molar-refractivity contribution in [2.45, 2.75) is 39.7 Å². The second-order valence-electron chi connectivity index (χ2n) is 6.99. The van der Waals surface area contributed by atoms with Crippen LogP contribution in [0, 0.1) is 23.1 Å².